The molecule has 0 saturated heterocycles. The van der Waals surface area contributed by atoms with Gasteiger partial charge in [-0.3, -0.25) is 0 Å². The number of hydrogen-bond donors (Lipinski definition) is 1. The molecule has 0 radical (unpaired) electrons. The summed E-state index contributed by atoms with van der Waals surface area (Å²) < 4.78 is 24.1. The molecule has 0 spiro atoms. The van der Waals surface area contributed by atoms with E-state index in [4.69, 9.17) is 0 Å². The van der Waals surface area contributed by atoms with Gasteiger partial charge in [-0.2, -0.15) is 0 Å². The number of aromatic nitrogens is 1. The van der Waals surface area contributed by atoms with Crippen molar-refractivity contribution in [2.45, 2.75) is 23.0 Å². The van der Waals surface area contributed by atoms with Gasteiger partial charge in [-0.1, -0.05) is 18.2 Å². The van der Waals surface area contributed by atoms with Gasteiger partial charge in [0.25, 0.3) is 0 Å². The lowest BCUT2D eigenvalue weighted by Gasteiger charge is -1.99. The minimum Gasteiger partial charge on any atom is -0.360 e. The lowest BCUT2D eigenvalue weighted by Crippen LogP contribution is -2.05. The zero-order valence-corrected chi connectivity index (χ0v) is 8.92. The van der Waals surface area contributed by atoms with E-state index in [1.54, 1.807) is 6.20 Å². The zero-order chi connectivity index (χ0) is 10.5. The van der Waals surface area contributed by atoms with Crippen LogP contribution in [0.4, 0.5) is 0 Å². The molecule has 3 rings (SSSR count). The minimum absolute atomic E-state index is 0.142. The van der Waals surface area contributed by atoms with Crippen LogP contribution in [0.15, 0.2) is 35.4 Å². The Kier molecular flexibility index (Phi) is 1.71. The predicted octanol–water partition coefficient (Wildman–Crippen LogP) is 2.10. The van der Waals surface area contributed by atoms with Crippen molar-refractivity contribution < 1.29 is 8.42 Å². The summed E-state index contributed by atoms with van der Waals surface area (Å²) in [5.41, 5.74) is 0.886. The normalized spacial score (nSPS) is 17.1. The third-order valence-electron chi connectivity index (χ3n) is 2.82. The Balaban J connectivity index is 2.27. The van der Waals surface area contributed by atoms with Crippen molar-refractivity contribution in [3.05, 3.63) is 30.5 Å². The first-order valence-electron chi connectivity index (χ1n) is 4.99. The molecule has 4 heteroatoms. The number of para-hydroxylation sites is 1. The average Bonchev–Trinajstić information content (AvgIpc) is 2.98. The Labute approximate surface area is 88.0 Å². The maximum Gasteiger partial charge on any atom is 0.183 e. The monoisotopic (exact) mass is 221 g/mol. The van der Waals surface area contributed by atoms with Crippen LogP contribution in [0, 0.1) is 0 Å². The van der Waals surface area contributed by atoms with Gasteiger partial charge in [0.2, 0.25) is 0 Å². The van der Waals surface area contributed by atoms with Gasteiger partial charge in [-0.15, -0.1) is 0 Å². The van der Waals surface area contributed by atoms with E-state index in [0.717, 1.165) is 23.7 Å². The molecule has 3 nitrogen and oxygen atoms in total. The van der Waals surface area contributed by atoms with Gasteiger partial charge in [-0.25, -0.2) is 8.42 Å². The molecule has 1 fully saturated rings. The lowest BCUT2D eigenvalue weighted by molar-refractivity contribution is 0.595. The van der Waals surface area contributed by atoms with Crippen molar-refractivity contribution in [1.82, 2.24) is 4.98 Å². The van der Waals surface area contributed by atoms with Crippen LogP contribution >= 0.6 is 0 Å². The maximum absolute atomic E-state index is 12.0. The molecule has 2 aromatic rings. The Morgan fingerprint density at radius 2 is 1.93 bits per heavy atom. The van der Waals surface area contributed by atoms with E-state index >= 15 is 0 Å². The molecule has 1 N–H and O–H groups in total. The molecule has 1 heterocycles. The fraction of sp³-hybridized carbons (Fsp3) is 0.273. The van der Waals surface area contributed by atoms with Gasteiger partial charge in [0.15, 0.2) is 9.84 Å². The van der Waals surface area contributed by atoms with E-state index in [1.807, 2.05) is 24.3 Å². The van der Waals surface area contributed by atoms with Crippen LogP contribution in [0.25, 0.3) is 10.9 Å². The van der Waals surface area contributed by atoms with Crippen molar-refractivity contribution in [3.63, 3.8) is 0 Å². The Bertz CT molecular complexity index is 608. The molecule has 0 bridgehead atoms. The van der Waals surface area contributed by atoms with Crippen LogP contribution in [-0.2, 0) is 9.84 Å². The van der Waals surface area contributed by atoms with Crippen LogP contribution in [0.2, 0.25) is 0 Å². The number of aromatic amines is 1. The van der Waals surface area contributed by atoms with Gasteiger partial charge >= 0.3 is 0 Å². The number of H-pyrrole nitrogens is 1. The van der Waals surface area contributed by atoms with Crippen LogP contribution in [-0.4, -0.2) is 18.7 Å². The molecule has 15 heavy (non-hydrogen) atoms. The molecule has 1 aromatic heterocycles. The summed E-state index contributed by atoms with van der Waals surface area (Å²) in [6, 6.07) is 7.50. The molecule has 0 atom stereocenters. The summed E-state index contributed by atoms with van der Waals surface area (Å²) in [5, 5.41) is 0.668. The van der Waals surface area contributed by atoms with Gasteiger partial charge in [-0.05, 0) is 18.9 Å². The summed E-state index contributed by atoms with van der Waals surface area (Å²) in [5.74, 6) is 0. The molecule has 1 aliphatic carbocycles. The molecule has 78 valence electrons. The predicted molar refractivity (Wildman–Crippen MR) is 58.5 cm³/mol. The highest BCUT2D eigenvalue weighted by atomic mass is 32.2. The summed E-state index contributed by atoms with van der Waals surface area (Å²) in [6.45, 7) is 0. The molecule has 0 aliphatic heterocycles. The van der Waals surface area contributed by atoms with E-state index in [2.05, 4.69) is 4.98 Å². The molecule has 1 aromatic carbocycles. The molecular weight excluding hydrogens is 210 g/mol. The van der Waals surface area contributed by atoms with E-state index in [-0.39, 0.29) is 5.25 Å². The second-order valence-electron chi connectivity index (χ2n) is 3.94. The SMILES string of the molecule is O=S(=O)(c1c[nH]c2ccccc12)C1CC1. The van der Waals surface area contributed by atoms with E-state index in [1.165, 1.54) is 0 Å². The Hall–Kier alpha value is -1.29. The maximum atomic E-state index is 12.0. The van der Waals surface area contributed by atoms with Gasteiger partial charge in [0, 0.05) is 17.1 Å². The lowest BCUT2D eigenvalue weighted by atomic mass is 10.2. The number of hydrogen-bond acceptors (Lipinski definition) is 2. The number of benzene rings is 1. The first-order valence-corrected chi connectivity index (χ1v) is 6.54. The van der Waals surface area contributed by atoms with Crippen molar-refractivity contribution in [2.24, 2.45) is 0 Å². The highest BCUT2D eigenvalue weighted by Gasteiger charge is 2.38. The van der Waals surface area contributed by atoms with Crippen LogP contribution in [0.5, 0.6) is 0 Å². The molecular formula is C11H11NO2S. The second kappa shape index (κ2) is 2.85. The third kappa shape index (κ3) is 1.28. The minimum atomic E-state index is -3.08. The second-order valence-corrected chi connectivity index (χ2v) is 6.14. The summed E-state index contributed by atoms with van der Waals surface area (Å²) in [7, 11) is -3.08. The van der Waals surface area contributed by atoms with Crippen molar-refractivity contribution in [1.29, 1.82) is 0 Å². The fourth-order valence-corrected chi connectivity index (χ4v) is 3.66. The van der Waals surface area contributed by atoms with Crippen LogP contribution in [0.1, 0.15) is 12.8 Å². The summed E-state index contributed by atoms with van der Waals surface area (Å²) in [4.78, 5) is 3.46. The van der Waals surface area contributed by atoms with E-state index < -0.39 is 9.84 Å². The summed E-state index contributed by atoms with van der Waals surface area (Å²) >= 11 is 0. The Morgan fingerprint density at radius 1 is 1.20 bits per heavy atom. The van der Waals surface area contributed by atoms with Crippen molar-refractivity contribution in [2.75, 3.05) is 0 Å². The number of rotatable bonds is 2. The Morgan fingerprint density at radius 3 is 2.67 bits per heavy atom. The van der Waals surface area contributed by atoms with Crippen LogP contribution < -0.4 is 0 Å². The van der Waals surface area contributed by atoms with Crippen molar-refractivity contribution >= 4 is 20.7 Å². The highest BCUT2D eigenvalue weighted by Crippen LogP contribution is 2.36. The van der Waals surface area contributed by atoms with E-state index in [9.17, 15) is 8.42 Å². The quantitative estimate of drug-likeness (QED) is 0.844. The zero-order valence-electron chi connectivity index (χ0n) is 8.10. The standard InChI is InChI=1S/C11H11NO2S/c13-15(14,8-5-6-8)11-7-12-10-4-2-1-3-9(10)11/h1-4,7-8,12H,5-6H2. The average molecular weight is 221 g/mol. The van der Waals surface area contributed by atoms with Crippen LogP contribution in [0.3, 0.4) is 0 Å². The summed E-state index contributed by atoms with van der Waals surface area (Å²) in [6.07, 6.45) is 3.22. The number of fused-ring (bicyclic) bond motifs is 1. The topological polar surface area (TPSA) is 49.9 Å². The molecule has 1 aliphatic rings. The molecule has 0 unspecified atom stereocenters. The van der Waals surface area contributed by atoms with E-state index in [0.29, 0.717) is 4.90 Å². The number of sulfone groups is 1. The largest absolute Gasteiger partial charge is 0.360 e. The first kappa shape index (κ1) is 8.97. The fourth-order valence-electron chi connectivity index (χ4n) is 1.84. The first-order chi connectivity index (χ1) is 7.19. The smallest absolute Gasteiger partial charge is 0.183 e. The third-order valence-corrected chi connectivity index (χ3v) is 5.12. The van der Waals surface area contributed by atoms with Gasteiger partial charge in [0.1, 0.15) is 0 Å². The number of nitrogens with one attached hydrogen (secondary N) is 1. The highest BCUT2D eigenvalue weighted by molar-refractivity contribution is 7.92. The molecule has 0 amide bonds. The van der Waals surface area contributed by atoms with Crippen molar-refractivity contribution in [3.8, 4) is 0 Å². The van der Waals surface area contributed by atoms with Gasteiger partial charge in [0.05, 0.1) is 10.1 Å². The molecule has 1 saturated carbocycles. The van der Waals surface area contributed by atoms with Gasteiger partial charge < -0.3 is 4.98 Å².